The fraction of sp³-hybridized carbons (Fsp3) is 0.350. The Morgan fingerprint density at radius 3 is 2.86 bits per heavy atom. The summed E-state index contributed by atoms with van der Waals surface area (Å²) in [6, 6.07) is 5.83. The van der Waals surface area contributed by atoms with E-state index in [-0.39, 0.29) is 11.8 Å². The molecular weight excluding hydrogens is 372 g/mol. The maximum Gasteiger partial charge on any atom is 0.265 e. The Kier molecular flexibility index (Phi) is 5.29. The van der Waals surface area contributed by atoms with Crippen LogP contribution in [0.25, 0.3) is 0 Å². The Labute approximate surface area is 167 Å². The van der Waals surface area contributed by atoms with Gasteiger partial charge in [-0.05, 0) is 44.4 Å². The van der Waals surface area contributed by atoms with Crippen molar-refractivity contribution in [1.82, 2.24) is 24.8 Å². The molecule has 0 unspecified atom stereocenters. The minimum absolute atomic E-state index is 0.0703. The summed E-state index contributed by atoms with van der Waals surface area (Å²) < 4.78 is 0. The van der Waals surface area contributed by atoms with Gasteiger partial charge in [0.2, 0.25) is 5.95 Å². The molecule has 1 N–H and O–H groups in total. The molecule has 3 aromatic rings. The molecule has 0 spiro atoms. The highest BCUT2D eigenvalue weighted by Gasteiger charge is 2.28. The normalized spacial score (nSPS) is 16.8. The van der Waals surface area contributed by atoms with Gasteiger partial charge in [0.1, 0.15) is 10.7 Å². The number of nitrogens with one attached hydrogen (secondary N) is 1. The topological polar surface area (TPSA) is 83.9 Å². The largest absolute Gasteiger partial charge is 0.337 e. The number of piperidine rings is 1. The fourth-order valence-corrected chi connectivity index (χ4v) is 4.14. The number of hydrogen-bond acceptors (Lipinski definition) is 7. The number of pyridine rings is 1. The Bertz CT molecular complexity index is 971. The third-order valence-electron chi connectivity index (χ3n) is 4.89. The molecule has 0 radical (unpaired) electrons. The third kappa shape index (κ3) is 4.01. The van der Waals surface area contributed by atoms with Gasteiger partial charge in [0.25, 0.3) is 5.91 Å². The monoisotopic (exact) mass is 394 g/mol. The average Bonchev–Trinajstić information content (AvgIpc) is 3.15. The molecule has 7 nitrogen and oxygen atoms in total. The van der Waals surface area contributed by atoms with Crippen LogP contribution in [0.5, 0.6) is 0 Å². The number of carbonyl (C=O) groups is 1. The molecule has 0 aliphatic carbocycles. The second-order valence-electron chi connectivity index (χ2n) is 7.01. The molecule has 1 atom stereocenters. The van der Waals surface area contributed by atoms with Crippen LogP contribution in [0.4, 0.5) is 11.8 Å². The van der Waals surface area contributed by atoms with E-state index < -0.39 is 0 Å². The molecule has 0 saturated carbocycles. The minimum atomic E-state index is 0.0703. The Morgan fingerprint density at radius 2 is 2.11 bits per heavy atom. The van der Waals surface area contributed by atoms with Crippen LogP contribution in [0.1, 0.15) is 45.4 Å². The number of rotatable bonds is 4. The first kappa shape index (κ1) is 18.5. The smallest absolute Gasteiger partial charge is 0.265 e. The van der Waals surface area contributed by atoms with Crippen LogP contribution in [0.15, 0.2) is 36.1 Å². The number of aromatic nitrogens is 4. The lowest BCUT2D eigenvalue weighted by atomic mass is 9.94. The van der Waals surface area contributed by atoms with E-state index in [2.05, 4.69) is 25.3 Å². The molecule has 4 rings (SSSR count). The highest BCUT2D eigenvalue weighted by molar-refractivity contribution is 7.11. The summed E-state index contributed by atoms with van der Waals surface area (Å²) in [5, 5.41) is 3.15. The number of amides is 1. The average molecular weight is 395 g/mol. The van der Waals surface area contributed by atoms with Crippen molar-refractivity contribution in [3.63, 3.8) is 0 Å². The van der Waals surface area contributed by atoms with E-state index in [4.69, 9.17) is 0 Å². The summed E-state index contributed by atoms with van der Waals surface area (Å²) in [5.41, 5.74) is 4.58. The summed E-state index contributed by atoms with van der Waals surface area (Å²) in [6.07, 6.45) is 5.52. The zero-order chi connectivity index (χ0) is 19.5. The second-order valence-corrected chi connectivity index (χ2v) is 7.86. The van der Waals surface area contributed by atoms with E-state index in [1.165, 1.54) is 11.3 Å². The molecule has 144 valence electrons. The van der Waals surface area contributed by atoms with Gasteiger partial charge >= 0.3 is 0 Å². The van der Waals surface area contributed by atoms with E-state index in [0.29, 0.717) is 18.3 Å². The van der Waals surface area contributed by atoms with Crippen molar-refractivity contribution in [1.29, 1.82) is 0 Å². The van der Waals surface area contributed by atoms with E-state index in [0.717, 1.165) is 41.2 Å². The number of carbonyl (C=O) groups excluding carboxylic acids is 1. The van der Waals surface area contributed by atoms with Crippen molar-refractivity contribution in [3.8, 4) is 0 Å². The zero-order valence-electron chi connectivity index (χ0n) is 15.9. The van der Waals surface area contributed by atoms with Crippen molar-refractivity contribution in [2.75, 3.05) is 18.4 Å². The van der Waals surface area contributed by atoms with Gasteiger partial charge in [0.05, 0.1) is 16.9 Å². The standard InChI is InChI=1S/C20H22N6OS/c1-13-5-6-17(22-10-13)25-20-21-8-7-16(24-20)15-4-3-9-26(11-15)19(27)18-14(2)23-12-28-18/h5-8,10,12,15H,3-4,9,11H2,1-2H3,(H,21,22,24,25)/t15-/m0/s1. The summed E-state index contributed by atoms with van der Waals surface area (Å²) in [4.78, 5) is 33.0. The molecule has 0 aromatic carbocycles. The molecular formula is C20H22N6OS. The first-order valence-corrected chi connectivity index (χ1v) is 10.2. The molecule has 1 aliphatic rings. The van der Waals surface area contributed by atoms with E-state index >= 15 is 0 Å². The first-order valence-electron chi connectivity index (χ1n) is 9.32. The predicted octanol–water partition coefficient (Wildman–Crippen LogP) is 3.71. The first-order chi connectivity index (χ1) is 13.6. The van der Waals surface area contributed by atoms with Crippen LogP contribution >= 0.6 is 11.3 Å². The number of likely N-dealkylation sites (tertiary alicyclic amines) is 1. The highest BCUT2D eigenvalue weighted by Crippen LogP contribution is 2.28. The summed E-state index contributed by atoms with van der Waals surface area (Å²) in [5.74, 6) is 1.50. The van der Waals surface area contributed by atoms with Gasteiger partial charge in [0.15, 0.2) is 0 Å². The summed E-state index contributed by atoms with van der Waals surface area (Å²) in [6.45, 7) is 5.32. The van der Waals surface area contributed by atoms with Gasteiger partial charge in [0, 0.05) is 31.4 Å². The van der Waals surface area contributed by atoms with E-state index in [1.54, 1.807) is 17.9 Å². The Balaban J connectivity index is 1.48. The summed E-state index contributed by atoms with van der Waals surface area (Å²) >= 11 is 1.41. The fourth-order valence-electron chi connectivity index (χ4n) is 3.37. The van der Waals surface area contributed by atoms with Gasteiger partial charge in [-0.2, -0.15) is 0 Å². The van der Waals surface area contributed by atoms with Crippen LogP contribution in [0.2, 0.25) is 0 Å². The predicted molar refractivity (Wildman–Crippen MR) is 109 cm³/mol. The van der Waals surface area contributed by atoms with Crippen molar-refractivity contribution in [2.45, 2.75) is 32.6 Å². The third-order valence-corrected chi connectivity index (χ3v) is 5.81. The number of thiazole rings is 1. The van der Waals surface area contributed by atoms with E-state index in [1.807, 2.05) is 36.9 Å². The Hall–Kier alpha value is -2.87. The quantitative estimate of drug-likeness (QED) is 0.726. The lowest BCUT2D eigenvalue weighted by Crippen LogP contribution is -2.39. The lowest BCUT2D eigenvalue weighted by molar-refractivity contribution is 0.0710. The van der Waals surface area contributed by atoms with Gasteiger partial charge < -0.3 is 10.2 Å². The maximum atomic E-state index is 12.8. The molecule has 1 aliphatic heterocycles. The van der Waals surface area contributed by atoms with Gasteiger partial charge in [-0.15, -0.1) is 11.3 Å². The van der Waals surface area contributed by atoms with Gasteiger partial charge in [-0.1, -0.05) is 6.07 Å². The highest BCUT2D eigenvalue weighted by atomic mass is 32.1. The van der Waals surface area contributed by atoms with Gasteiger partial charge in [-0.25, -0.2) is 19.9 Å². The van der Waals surface area contributed by atoms with Crippen molar-refractivity contribution < 1.29 is 4.79 Å². The SMILES string of the molecule is Cc1ccc(Nc2nccc([C@H]3CCCN(C(=O)c4scnc4C)C3)n2)nc1. The van der Waals surface area contributed by atoms with Crippen LogP contribution in [0.3, 0.4) is 0 Å². The van der Waals surface area contributed by atoms with Crippen molar-refractivity contribution in [2.24, 2.45) is 0 Å². The molecule has 8 heteroatoms. The molecule has 28 heavy (non-hydrogen) atoms. The van der Waals surface area contributed by atoms with Crippen LogP contribution in [-0.2, 0) is 0 Å². The number of nitrogens with zero attached hydrogens (tertiary/aromatic N) is 5. The molecule has 4 heterocycles. The minimum Gasteiger partial charge on any atom is -0.337 e. The van der Waals surface area contributed by atoms with Crippen LogP contribution < -0.4 is 5.32 Å². The van der Waals surface area contributed by atoms with Crippen LogP contribution in [-0.4, -0.2) is 43.8 Å². The zero-order valence-corrected chi connectivity index (χ0v) is 16.7. The molecule has 3 aromatic heterocycles. The molecule has 0 bridgehead atoms. The molecule has 1 amide bonds. The lowest BCUT2D eigenvalue weighted by Gasteiger charge is -2.32. The number of hydrogen-bond donors (Lipinski definition) is 1. The number of anilines is 2. The van der Waals surface area contributed by atoms with Gasteiger partial charge in [-0.3, -0.25) is 4.79 Å². The van der Waals surface area contributed by atoms with E-state index in [9.17, 15) is 4.79 Å². The summed E-state index contributed by atoms with van der Waals surface area (Å²) in [7, 11) is 0. The number of aryl methyl sites for hydroxylation is 2. The maximum absolute atomic E-state index is 12.8. The van der Waals surface area contributed by atoms with Crippen molar-refractivity contribution in [3.05, 3.63) is 57.9 Å². The molecule has 1 fully saturated rings. The molecule has 1 saturated heterocycles. The van der Waals surface area contributed by atoms with Crippen LogP contribution in [0, 0.1) is 13.8 Å². The second kappa shape index (κ2) is 8.02. The Morgan fingerprint density at radius 1 is 1.21 bits per heavy atom. The van der Waals surface area contributed by atoms with Crippen molar-refractivity contribution >= 4 is 29.0 Å².